The molecule has 1 N–H and O–H groups in total. The summed E-state index contributed by atoms with van der Waals surface area (Å²) in [5, 5.41) is 21.3. The number of hydrogen-bond donors (Lipinski definition) is 1. The minimum atomic E-state index is 0.182. The van der Waals surface area contributed by atoms with E-state index in [1.54, 1.807) is 12.1 Å². The van der Waals surface area contributed by atoms with Crippen molar-refractivity contribution < 1.29 is 5.11 Å². The van der Waals surface area contributed by atoms with E-state index in [0.29, 0.717) is 17.5 Å². The van der Waals surface area contributed by atoms with Gasteiger partial charge in [-0.1, -0.05) is 12.1 Å². The fourth-order valence-corrected chi connectivity index (χ4v) is 3.51. The number of hydrogen-bond acceptors (Lipinski definition) is 3. The lowest BCUT2D eigenvalue weighted by molar-refractivity contribution is 0.481. The summed E-state index contributed by atoms with van der Waals surface area (Å²) in [5.41, 5.74) is 2.70. The van der Waals surface area contributed by atoms with Crippen LogP contribution in [0.3, 0.4) is 0 Å². The molecule has 0 aliphatic carbocycles. The molecule has 4 heteroatoms. The second kappa shape index (κ2) is 5.13. The number of aromatic hydroxyl groups is 1. The van der Waals surface area contributed by atoms with Gasteiger partial charge in [-0.3, -0.25) is 0 Å². The van der Waals surface area contributed by atoms with Crippen LogP contribution in [-0.4, -0.2) is 23.6 Å². The number of phenols is 1. The molecule has 108 valence electrons. The Balaban J connectivity index is 2.41. The van der Waals surface area contributed by atoms with Gasteiger partial charge in [0.05, 0.1) is 11.6 Å². The zero-order valence-corrected chi connectivity index (χ0v) is 12.9. The lowest BCUT2D eigenvalue weighted by Gasteiger charge is -2.24. The standard InChI is InChI=1S/C17H17ClN2O/c1-10(2)20-9-12(7-18)17-14(20)6-15(21)13-5-3-4-11(8-19)16(13)17/h3-6,10,12,21H,7,9H2,1-2H3. The summed E-state index contributed by atoms with van der Waals surface area (Å²) in [5.74, 6) is 0.916. The van der Waals surface area contributed by atoms with Gasteiger partial charge < -0.3 is 10.0 Å². The Kier molecular flexibility index (Phi) is 3.43. The highest BCUT2D eigenvalue weighted by atomic mass is 35.5. The molecule has 3 nitrogen and oxygen atoms in total. The van der Waals surface area contributed by atoms with Crippen molar-refractivity contribution in [3.05, 3.63) is 35.4 Å². The molecular formula is C17H17ClN2O. The van der Waals surface area contributed by atoms with Crippen molar-refractivity contribution in [1.29, 1.82) is 5.26 Å². The molecule has 0 aromatic heterocycles. The predicted molar refractivity (Wildman–Crippen MR) is 86.3 cm³/mol. The zero-order valence-electron chi connectivity index (χ0n) is 12.1. The molecule has 0 bridgehead atoms. The van der Waals surface area contributed by atoms with E-state index in [0.717, 1.165) is 28.6 Å². The summed E-state index contributed by atoms with van der Waals surface area (Å²) in [7, 11) is 0. The topological polar surface area (TPSA) is 47.3 Å². The number of anilines is 1. The molecule has 0 saturated heterocycles. The van der Waals surface area contributed by atoms with Crippen LogP contribution in [0.4, 0.5) is 5.69 Å². The number of nitrogens with zero attached hydrogens (tertiary/aromatic N) is 2. The molecule has 0 fully saturated rings. The Morgan fingerprint density at radius 3 is 2.86 bits per heavy atom. The Labute approximate surface area is 129 Å². The van der Waals surface area contributed by atoms with Crippen LogP contribution in [0.5, 0.6) is 5.75 Å². The summed E-state index contributed by atoms with van der Waals surface area (Å²) in [4.78, 5) is 2.25. The molecule has 0 spiro atoms. The van der Waals surface area contributed by atoms with Crippen molar-refractivity contribution in [1.82, 2.24) is 0 Å². The Bertz CT molecular complexity index is 749. The van der Waals surface area contributed by atoms with Gasteiger partial charge >= 0.3 is 0 Å². The van der Waals surface area contributed by atoms with Crippen LogP contribution in [0.1, 0.15) is 30.9 Å². The smallest absolute Gasteiger partial charge is 0.125 e. The highest BCUT2D eigenvalue weighted by molar-refractivity contribution is 6.19. The Morgan fingerprint density at radius 1 is 1.48 bits per heavy atom. The van der Waals surface area contributed by atoms with E-state index < -0.39 is 0 Å². The summed E-state index contributed by atoms with van der Waals surface area (Å²) >= 11 is 6.17. The molecule has 0 radical (unpaired) electrons. The van der Waals surface area contributed by atoms with Gasteiger partial charge in [0.25, 0.3) is 0 Å². The average Bonchev–Trinajstić information content (AvgIpc) is 2.85. The molecule has 1 atom stereocenters. The van der Waals surface area contributed by atoms with Gasteiger partial charge in [-0.15, -0.1) is 11.6 Å². The summed E-state index contributed by atoms with van der Waals surface area (Å²) in [6, 6.07) is 9.83. The lowest BCUT2D eigenvalue weighted by Crippen LogP contribution is -2.29. The van der Waals surface area contributed by atoms with E-state index >= 15 is 0 Å². The molecule has 2 aromatic carbocycles. The molecule has 0 amide bonds. The van der Waals surface area contributed by atoms with Crippen LogP contribution in [-0.2, 0) is 0 Å². The van der Waals surface area contributed by atoms with Crippen molar-refractivity contribution in [3.8, 4) is 11.8 Å². The van der Waals surface area contributed by atoms with Crippen molar-refractivity contribution in [2.75, 3.05) is 17.3 Å². The van der Waals surface area contributed by atoms with Crippen LogP contribution in [0.15, 0.2) is 24.3 Å². The minimum Gasteiger partial charge on any atom is -0.507 e. The third kappa shape index (κ3) is 2.02. The molecule has 1 heterocycles. The van der Waals surface area contributed by atoms with E-state index in [1.807, 2.05) is 12.1 Å². The van der Waals surface area contributed by atoms with Crippen LogP contribution in [0.2, 0.25) is 0 Å². The lowest BCUT2D eigenvalue weighted by atomic mass is 9.92. The number of phenolic OH excluding ortho intramolecular Hbond substituents is 1. The van der Waals surface area contributed by atoms with Gasteiger partial charge in [0.15, 0.2) is 0 Å². The van der Waals surface area contributed by atoms with Crippen LogP contribution in [0.25, 0.3) is 10.8 Å². The fraction of sp³-hybridized carbons (Fsp3) is 0.353. The number of alkyl halides is 1. The normalized spacial score (nSPS) is 17.3. The van der Waals surface area contributed by atoms with Gasteiger partial charge in [0, 0.05) is 46.9 Å². The number of halogens is 1. The number of fused-ring (bicyclic) bond motifs is 3. The maximum Gasteiger partial charge on any atom is 0.125 e. The van der Waals surface area contributed by atoms with Crippen LogP contribution in [0, 0.1) is 11.3 Å². The summed E-state index contributed by atoms with van der Waals surface area (Å²) in [6.45, 7) is 5.07. The molecule has 21 heavy (non-hydrogen) atoms. The summed E-state index contributed by atoms with van der Waals surface area (Å²) in [6.07, 6.45) is 0. The van der Waals surface area contributed by atoms with Crippen molar-refractivity contribution in [2.24, 2.45) is 0 Å². The fourth-order valence-electron chi connectivity index (χ4n) is 3.26. The van der Waals surface area contributed by atoms with Gasteiger partial charge in [-0.05, 0) is 25.5 Å². The van der Waals surface area contributed by atoms with Crippen molar-refractivity contribution >= 4 is 28.1 Å². The molecule has 0 saturated carbocycles. The molecule has 1 unspecified atom stereocenters. The number of nitriles is 1. The first-order chi connectivity index (χ1) is 10.1. The third-order valence-electron chi connectivity index (χ3n) is 4.22. The minimum absolute atomic E-state index is 0.182. The van der Waals surface area contributed by atoms with Gasteiger partial charge in [0.2, 0.25) is 0 Å². The largest absolute Gasteiger partial charge is 0.507 e. The van der Waals surface area contributed by atoms with Gasteiger partial charge in [0.1, 0.15) is 5.75 Å². The van der Waals surface area contributed by atoms with E-state index in [-0.39, 0.29) is 11.7 Å². The van der Waals surface area contributed by atoms with Crippen molar-refractivity contribution in [2.45, 2.75) is 25.8 Å². The summed E-state index contributed by atoms with van der Waals surface area (Å²) < 4.78 is 0. The number of rotatable bonds is 2. The van der Waals surface area contributed by atoms with Crippen LogP contribution < -0.4 is 4.90 Å². The maximum absolute atomic E-state index is 10.3. The Hall–Kier alpha value is -1.92. The first-order valence-electron chi connectivity index (χ1n) is 7.09. The first kappa shape index (κ1) is 14.0. The molecular weight excluding hydrogens is 284 g/mol. The van der Waals surface area contributed by atoms with Crippen molar-refractivity contribution in [3.63, 3.8) is 0 Å². The molecule has 3 rings (SSSR count). The van der Waals surface area contributed by atoms with E-state index in [4.69, 9.17) is 11.6 Å². The second-order valence-corrected chi connectivity index (χ2v) is 6.07. The highest BCUT2D eigenvalue weighted by Gasteiger charge is 2.33. The van der Waals surface area contributed by atoms with Gasteiger partial charge in [-0.2, -0.15) is 5.26 Å². The average molecular weight is 301 g/mol. The van der Waals surface area contributed by atoms with E-state index in [1.165, 1.54) is 0 Å². The van der Waals surface area contributed by atoms with Gasteiger partial charge in [-0.25, -0.2) is 0 Å². The first-order valence-corrected chi connectivity index (χ1v) is 7.63. The quantitative estimate of drug-likeness (QED) is 0.854. The van der Waals surface area contributed by atoms with Crippen LogP contribution >= 0.6 is 11.6 Å². The highest BCUT2D eigenvalue weighted by Crippen LogP contribution is 2.46. The number of benzene rings is 2. The maximum atomic E-state index is 10.3. The monoisotopic (exact) mass is 300 g/mol. The van der Waals surface area contributed by atoms with E-state index in [9.17, 15) is 10.4 Å². The molecule has 1 aliphatic heterocycles. The molecule has 1 aliphatic rings. The molecule has 2 aromatic rings. The Morgan fingerprint density at radius 2 is 2.24 bits per heavy atom. The predicted octanol–water partition coefficient (Wildman–Crippen LogP) is 3.97. The third-order valence-corrected chi connectivity index (χ3v) is 4.60. The second-order valence-electron chi connectivity index (χ2n) is 5.77. The zero-order chi connectivity index (χ0) is 15.1. The SMILES string of the molecule is CC(C)N1CC(CCl)c2c1cc(O)c1cccc(C#N)c21. The van der Waals surface area contributed by atoms with E-state index in [2.05, 4.69) is 24.8 Å².